The molecule has 35 heavy (non-hydrogen) atoms. The number of aryl methyl sites for hydroxylation is 1. The van der Waals surface area contributed by atoms with Crippen molar-refractivity contribution in [3.63, 3.8) is 0 Å². The van der Waals surface area contributed by atoms with E-state index in [1.807, 2.05) is 0 Å². The van der Waals surface area contributed by atoms with Crippen LogP contribution in [0.15, 0.2) is 81.5 Å². The minimum Gasteiger partial charge on any atom is -1.00 e. The van der Waals surface area contributed by atoms with Crippen LogP contribution in [0.1, 0.15) is 0 Å². The minimum atomic E-state index is -4.60. The third-order valence-corrected chi connectivity index (χ3v) is 7.10. The molecule has 182 valence electrons. The summed E-state index contributed by atoms with van der Waals surface area (Å²) in [5.41, 5.74) is -1.77. The molecule has 0 aliphatic heterocycles. The molecule has 0 saturated carbocycles. The highest BCUT2D eigenvalue weighted by molar-refractivity contribution is 7.90. The Labute approximate surface area is 226 Å². The number of hydrogen-bond donors (Lipinski definition) is 1. The first kappa shape index (κ1) is 26.9. The monoisotopic (exact) mass is 646 g/mol. The number of benzene rings is 2. The van der Waals surface area contributed by atoms with E-state index in [1.165, 1.54) is 42.5 Å². The Morgan fingerprint density at radius 3 is 2.34 bits per heavy atom. The van der Waals surface area contributed by atoms with E-state index in [1.54, 1.807) is 36.1 Å². The highest BCUT2D eigenvalue weighted by Crippen LogP contribution is 2.19. The summed E-state index contributed by atoms with van der Waals surface area (Å²) >= 11 is 11.9. The minimum absolute atomic E-state index is 0. The van der Waals surface area contributed by atoms with Gasteiger partial charge in [0.05, 0.1) is 15.8 Å². The number of rotatable bonds is 5. The average molecular weight is 647 g/mol. The van der Waals surface area contributed by atoms with Gasteiger partial charge >= 0.3 is 5.69 Å². The van der Waals surface area contributed by atoms with Crippen molar-refractivity contribution in [3.05, 3.63) is 97.9 Å². The number of hydrogen-bond acceptors (Lipinski definition) is 5. The Morgan fingerprint density at radius 1 is 1.03 bits per heavy atom. The van der Waals surface area contributed by atoms with Crippen LogP contribution in [0.5, 0.6) is 0 Å². The molecule has 0 saturated heterocycles. The molecule has 0 aliphatic rings. The smallest absolute Gasteiger partial charge is 0.346 e. The van der Waals surface area contributed by atoms with E-state index in [9.17, 15) is 22.8 Å². The summed E-state index contributed by atoms with van der Waals surface area (Å²) in [6.45, 7) is -0.565. The quantitative estimate of drug-likeness (QED) is 0.225. The average Bonchev–Trinajstić information content (AvgIpc) is 2.76. The van der Waals surface area contributed by atoms with E-state index >= 15 is 0 Å². The van der Waals surface area contributed by atoms with Gasteiger partial charge in [-0.1, -0.05) is 23.2 Å². The summed E-state index contributed by atoms with van der Waals surface area (Å²) in [6.07, 6.45) is 3.43. The largest absolute Gasteiger partial charge is 1.00 e. The van der Waals surface area contributed by atoms with E-state index in [0.29, 0.717) is 5.69 Å². The van der Waals surface area contributed by atoms with Gasteiger partial charge in [0.15, 0.2) is 12.4 Å². The molecular weight excluding hydrogens is 630 g/mol. The van der Waals surface area contributed by atoms with Crippen molar-refractivity contribution in [1.29, 1.82) is 0 Å². The highest BCUT2D eigenvalue weighted by Gasteiger charge is 2.26. The van der Waals surface area contributed by atoms with Crippen molar-refractivity contribution in [2.45, 2.75) is 11.4 Å². The van der Waals surface area contributed by atoms with E-state index in [-0.39, 0.29) is 53.8 Å². The van der Waals surface area contributed by atoms with Gasteiger partial charge in [-0.2, -0.15) is 0 Å². The molecule has 4 rings (SSSR count). The van der Waals surface area contributed by atoms with Crippen LogP contribution in [0.25, 0.3) is 10.9 Å². The molecule has 2 aromatic heterocycles. The van der Waals surface area contributed by atoms with Crippen molar-refractivity contribution < 1.29 is 41.8 Å². The summed E-state index contributed by atoms with van der Waals surface area (Å²) in [6, 6.07) is 12.4. The van der Waals surface area contributed by atoms with Gasteiger partial charge in [-0.15, -0.1) is 3.97 Å². The second-order valence-corrected chi connectivity index (χ2v) is 10.0. The molecule has 1 amide bonds. The third kappa shape index (κ3) is 5.42. The first-order chi connectivity index (χ1) is 16.1. The molecule has 2 heterocycles. The van der Waals surface area contributed by atoms with Crippen LogP contribution in [0.3, 0.4) is 0 Å². The van der Waals surface area contributed by atoms with Crippen molar-refractivity contribution in [3.8, 4) is 0 Å². The maximum Gasteiger partial charge on any atom is 0.346 e. The number of anilines is 1. The lowest BCUT2D eigenvalue weighted by molar-refractivity contribution is -0.670. The van der Waals surface area contributed by atoms with Gasteiger partial charge in [-0.3, -0.25) is 14.2 Å². The predicted octanol–water partition coefficient (Wildman–Crippen LogP) is -0.826. The molecule has 0 bridgehead atoms. The molecule has 13 heteroatoms. The zero-order valence-corrected chi connectivity index (χ0v) is 22.5. The maximum absolute atomic E-state index is 13.3. The van der Waals surface area contributed by atoms with E-state index < -0.39 is 33.7 Å². The molecule has 0 aliphatic carbocycles. The van der Waals surface area contributed by atoms with E-state index in [0.717, 1.165) is 4.57 Å². The zero-order valence-electron chi connectivity index (χ0n) is 18.0. The summed E-state index contributed by atoms with van der Waals surface area (Å²) in [4.78, 5) is 38.9. The second-order valence-electron chi connectivity index (χ2n) is 7.36. The molecule has 1 N–H and O–H groups in total. The number of fused-ring (bicyclic) bond motifs is 1. The first-order valence-electron chi connectivity index (χ1n) is 9.79. The molecule has 4 aromatic rings. The van der Waals surface area contributed by atoms with Gasteiger partial charge in [0.1, 0.15) is 19.3 Å². The predicted molar refractivity (Wildman–Crippen MR) is 128 cm³/mol. The maximum atomic E-state index is 13.3. The Kier molecular flexibility index (Phi) is 8.04. The van der Waals surface area contributed by atoms with Crippen molar-refractivity contribution >= 4 is 55.7 Å². The molecule has 0 unspecified atom stereocenters. The Hall–Kier alpha value is -2.74. The number of amides is 1. The molecule has 0 spiro atoms. The lowest BCUT2D eigenvalue weighted by atomic mass is 10.2. The molecule has 9 nitrogen and oxygen atoms in total. The van der Waals surface area contributed by atoms with E-state index in [2.05, 4.69) is 5.32 Å². The third-order valence-electron chi connectivity index (χ3n) is 4.95. The Morgan fingerprint density at radius 2 is 1.69 bits per heavy atom. The number of aromatic nitrogens is 3. The van der Waals surface area contributed by atoms with Gasteiger partial charge in [-0.05, 0) is 48.5 Å². The zero-order chi connectivity index (χ0) is 24.6. The van der Waals surface area contributed by atoms with Crippen molar-refractivity contribution in [2.75, 3.05) is 5.32 Å². The van der Waals surface area contributed by atoms with Crippen LogP contribution < -0.4 is 45.1 Å². The van der Waals surface area contributed by atoms with Crippen LogP contribution in [0, 0.1) is 0 Å². The number of carbonyl (C=O) groups excluding carboxylic acids is 1. The van der Waals surface area contributed by atoms with Crippen LogP contribution in [-0.4, -0.2) is 22.9 Å². The topological polar surface area (TPSA) is 111 Å². The van der Waals surface area contributed by atoms with Crippen molar-refractivity contribution in [1.82, 2.24) is 8.54 Å². The van der Waals surface area contributed by atoms with Crippen LogP contribution in [-0.2, 0) is 28.4 Å². The van der Waals surface area contributed by atoms with Gasteiger partial charge in [0, 0.05) is 16.1 Å². The van der Waals surface area contributed by atoms with Crippen LogP contribution in [0.2, 0.25) is 10.0 Å². The number of pyridine rings is 1. The molecule has 0 radical (unpaired) electrons. The van der Waals surface area contributed by atoms with Gasteiger partial charge in [0.2, 0.25) is 5.91 Å². The molecular formula is C22H17Cl2IN4O5S. The van der Waals surface area contributed by atoms with Gasteiger partial charge < -0.3 is 29.3 Å². The SMILES string of the molecule is C[n+]1cccc(NC(=O)Cn2c(=O)n(S(=O)(=O)c3ccc(Cl)cc3)c(=O)c3ccc(Cl)cc32)c1.[I-]. The fraction of sp³-hybridized carbons (Fsp3) is 0.0909. The highest BCUT2D eigenvalue weighted by atomic mass is 127. The second kappa shape index (κ2) is 10.5. The lowest BCUT2D eigenvalue weighted by Gasteiger charge is -2.14. The first-order valence-corrected chi connectivity index (χ1v) is 12.0. The number of carbonyl (C=O) groups is 1. The molecule has 0 fully saturated rings. The standard InChI is InChI=1S/C22H16Cl2N4O5S.HI/c1-26-10-2-3-16(12-26)25-20(29)13-27-19-11-15(24)6-9-18(19)21(30)28(22(27)31)34(32,33)17-7-4-14(23)5-8-17;/h2-12H,13H2,1H3;1H. The summed E-state index contributed by atoms with van der Waals surface area (Å²) in [7, 11) is -2.83. The lowest BCUT2D eigenvalue weighted by Crippen LogP contribution is -3.00. The van der Waals surface area contributed by atoms with Gasteiger partial charge in [0.25, 0.3) is 15.6 Å². The number of halogens is 3. The Balaban J connectivity index is 0.00000342. The molecule has 2 aromatic carbocycles. The normalized spacial score (nSPS) is 11.2. The fourth-order valence-corrected chi connectivity index (χ4v) is 5.00. The molecule has 0 atom stereocenters. The summed E-state index contributed by atoms with van der Waals surface area (Å²) in [5, 5.41) is 3.03. The Bertz CT molecular complexity index is 1670. The fourth-order valence-electron chi connectivity index (χ4n) is 3.40. The van der Waals surface area contributed by atoms with Crippen LogP contribution in [0.4, 0.5) is 5.69 Å². The number of nitrogens with zero attached hydrogens (tertiary/aromatic N) is 3. The van der Waals surface area contributed by atoms with Crippen molar-refractivity contribution in [2.24, 2.45) is 7.05 Å². The summed E-state index contributed by atoms with van der Waals surface area (Å²) < 4.78 is 29.2. The van der Waals surface area contributed by atoms with E-state index in [4.69, 9.17) is 23.2 Å². The number of nitrogens with one attached hydrogen (secondary N) is 1. The van der Waals surface area contributed by atoms with Gasteiger partial charge in [-0.25, -0.2) is 17.8 Å². The van der Waals surface area contributed by atoms with Crippen LogP contribution >= 0.6 is 23.2 Å². The summed E-state index contributed by atoms with van der Waals surface area (Å²) in [5.74, 6) is -0.608.